The number of halogens is 1. The number of aryl methyl sites for hydroxylation is 1. The molecule has 1 N–H and O–H groups in total. The molecule has 0 unspecified atom stereocenters. The Kier molecular flexibility index (Phi) is 4.81. The Balaban J connectivity index is 1.18. The smallest absolute Gasteiger partial charge is 0.417 e. The third-order valence-corrected chi connectivity index (χ3v) is 5.91. The molecule has 0 saturated carbocycles. The largest absolute Gasteiger partial charge is 0.464 e. The van der Waals surface area contributed by atoms with Crippen molar-refractivity contribution in [3.8, 4) is 0 Å². The van der Waals surface area contributed by atoms with E-state index in [4.69, 9.17) is 20.4 Å². The predicted octanol–water partition coefficient (Wildman–Crippen LogP) is 4.28. The Labute approximate surface area is 172 Å². The van der Waals surface area contributed by atoms with Crippen molar-refractivity contribution in [3.05, 3.63) is 63.8 Å². The number of anilines is 1. The molecule has 0 amide bonds. The summed E-state index contributed by atoms with van der Waals surface area (Å²) in [6.45, 7) is 4.85. The second-order valence-electron chi connectivity index (χ2n) is 7.50. The molecule has 0 bridgehead atoms. The Morgan fingerprint density at radius 1 is 1.10 bits per heavy atom. The van der Waals surface area contributed by atoms with Crippen molar-refractivity contribution in [2.75, 3.05) is 37.6 Å². The first kappa shape index (κ1) is 18.3. The van der Waals surface area contributed by atoms with E-state index in [0.29, 0.717) is 5.58 Å². The molecule has 2 aromatic heterocycles. The van der Waals surface area contributed by atoms with Crippen LogP contribution in [-0.2, 0) is 6.42 Å². The van der Waals surface area contributed by atoms with Gasteiger partial charge in [-0.15, -0.1) is 0 Å². The average molecular weight is 412 g/mol. The summed E-state index contributed by atoms with van der Waals surface area (Å²) in [6, 6.07) is 11.6. The summed E-state index contributed by atoms with van der Waals surface area (Å²) >= 11 is 6.12. The van der Waals surface area contributed by atoms with E-state index in [9.17, 15) is 4.79 Å². The van der Waals surface area contributed by atoms with Gasteiger partial charge in [-0.3, -0.25) is 9.88 Å². The lowest BCUT2D eigenvalue weighted by molar-refractivity contribution is 0.255. The van der Waals surface area contributed by atoms with Crippen LogP contribution in [0.15, 0.2) is 56.3 Å². The number of hydrogen-bond donors (Lipinski definition) is 1. The highest BCUT2D eigenvalue weighted by molar-refractivity contribution is 6.31. The van der Waals surface area contributed by atoms with Crippen molar-refractivity contribution in [3.63, 3.8) is 0 Å². The van der Waals surface area contributed by atoms with Crippen molar-refractivity contribution in [2.45, 2.75) is 12.8 Å². The van der Waals surface area contributed by atoms with E-state index in [1.165, 1.54) is 5.56 Å². The molecule has 1 aliphatic rings. The van der Waals surface area contributed by atoms with Crippen LogP contribution >= 0.6 is 11.6 Å². The maximum atomic E-state index is 11.5. The minimum atomic E-state index is -0.404. The fourth-order valence-electron chi connectivity index (χ4n) is 4.16. The highest BCUT2D eigenvalue weighted by Crippen LogP contribution is 2.27. The topological polar surface area (TPSA) is 65.6 Å². The summed E-state index contributed by atoms with van der Waals surface area (Å²) in [5, 5.41) is 1.85. The monoisotopic (exact) mass is 411 g/mol. The number of fused-ring (bicyclic) bond motifs is 2. The first-order chi connectivity index (χ1) is 14.2. The maximum absolute atomic E-state index is 11.5. The Bertz CT molecular complexity index is 1200. The standard InChI is InChI=1S/C22H22ClN3O3/c23-16-6-7-20-17(13-16)15(14-28-20)3-2-8-25-9-11-26(12-10-25)19-5-1-4-18-21(19)29-22(27)24-18/h1,4-7,13-14H,2-3,8-12H2,(H,24,27). The van der Waals surface area contributed by atoms with E-state index in [0.717, 1.165) is 72.8 Å². The van der Waals surface area contributed by atoms with Gasteiger partial charge in [-0.25, -0.2) is 4.79 Å². The van der Waals surface area contributed by atoms with Crippen LogP contribution in [0.5, 0.6) is 0 Å². The van der Waals surface area contributed by atoms with Gasteiger partial charge < -0.3 is 13.7 Å². The van der Waals surface area contributed by atoms with Crippen LogP contribution in [0.25, 0.3) is 22.1 Å². The zero-order valence-electron chi connectivity index (χ0n) is 16.0. The van der Waals surface area contributed by atoms with Gasteiger partial charge in [-0.1, -0.05) is 17.7 Å². The molecule has 5 rings (SSSR count). The summed E-state index contributed by atoms with van der Waals surface area (Å²) in [5.74, 6) is -0.404. The van der Waals surface area contributed by atoms with E-state index < -0.39 is 5.76 Å². The number of para-hydroxylation sites is 1. The van der Waals surface area contributed by atoms with Gasteiger partial charge in [-0.2, -0.15) is 0 Å². The van der Waals surface area contributed by atoms with Crippen LogP contribution in [0.1, 0.15) is 12.0 Å². The van der Waals surface area contributed by atoms with E-state index in [1.54, 1.807) is 0 Å². The number of nitrogens with one attached hydrogen (secondary N) is 1. The van der Waals surface area contributed by atoms with Crippen LogP contribution in [0.3, 0.4) is 0 Å². The van der Waals surface area contributed by atoms with Crippen LogP contribution in [-0.4, -0.2) is 42.6 Å². The summed E-state index contributed by atoms with van der Waals surface area (Å²) in [4.78, 5) is 19.0. The number of furan rings is 1. The zero-order chi connectivity index (χ0) is 19.8. The minimum absolute atomic E-state index is 0.404. The van der Waals surface area contributed by atoms with Gasteiger partial charge in [0.1, 0.15) is 5.58 Å². The highest BCUT2D eigenvalue weighted by atomic mass is 35.5. The van der Waals surface area contributed by atoms with E-state index in [2.05, 4.69) is 14.8 Å². The van der Waals surface area contributed by atoms with Gasteiger partial charge in [0.25, 0.3) is 0 Å². The van der Waals surface area contributed by atoms with E-state index >= 15 is 0 Å². The van der Waals surface area contributed by atoms with Gasteiger partial charge in [0.05, 0.1) is 17.5 Å². The first-order valence-corrected chi connectivity index (χ1v) is 10.3. The molecule has 0 radical (unpaired) electrons. The molecule has 3 heterocycles. The molecule has 4 aromatic rings. The van der Waals surface area contributed by atoms with Gasteiger partial charge in [0.15, 0.2) is 5.58 Å². The molecule has 0 atom stereocenters. The summed E-state index contributed by atoms with van der Waals surface area (Å²) in [6.07, 6.45) is 3.90. The molecular formula is C22H22ClN3O3. The number of hydrogen-bond acceptors (Lipinski definition) is 5. The highest BCUT2D eigenvalue weighted by Gasteiger charge is 2.20. The summed E-state index contributed by atoms with van der Waals surface area (Å²) in [7, 11) is 0. The first-order valence-electron chi connectivity index (χ1n) is 9.92. The normalized spacial score (nSPS) is 15.6. The fourth-order valence-corrected chi connectivity index (χ4v) is 4.33. The van der Waals surface area contributed by atoms with Crippen LogP contribution in [0.2, 0.25) is 5.02 Å². The molecule has 150 valence electrons. The number of aromatic nitrogens is 1. The lowest BCUT2D eigenvalue weighted by atomic mass is 10.1. The van der Waals surface area contributed by atoms with Crippen LogP contribution in [0, 0.1) is 0 Å². The number of benzene rings is 2. The third-order valence-electron chi connectivity index (χ3n) is 5.67. The van der Waals surface area contributed by atoms with E-state index in [1.807, 2.05) is 42.7 Å². The molecule has 6 nitrogen and oxygen atoms in total. The second-order valence-corrected chi connectivity index (χ2v) is 7.94. The Morgan fingerprint density at radius 3 is 2.83 bits per heavy atom. The Hall–Kier alpha value is -2.70. The van der Waals surface area contributed by atoms with Crippen LogP contribution in [0.4, 0.5) is 5.69 Å². The SMILES string of the molecule is O=c1[nH]c2cccc(N3CCN(CCCc4coc5ccc(Cl)cc45)CC3)c2o1. The van der Waals surface area contributed by atoms with Crippen molar-refractivity contribution < 1.29 is 8.83 Å². The quantitative estimate of drug-likeness (QED) is 0.531. The molecule has 29 heavy (non-hydrogen) atoms. The molecular weight excluding hydrogens is 390 g/mol. The molecule has 1 fully saturated rings. The molecule has 1 aliphatic heterocycles. The number of oxazole rings is 1. The zero-order valence-corrected chi connectivity index (χ0v) is 16.7. The molecule has 7 heteroatoms. The van der Waals surface area contributed by atoms with Gasteiger partial charge in [-0.05, 0) is 55.3 Å². The average Bonchev–Trinajstić information content (AvgIpc) is 3.30. The minimum Gasteiger partial charge on any atom is -0.464 e. The second kappa shape index (κ2) is 7.61. The molecule has 2 aromatic carbocycles. The summed E-state index contributed by atoms with van der Waals surface area (Å²) < 4.78 is 11.0. The number of nitrogens with zero attached hydrogens (tertiary/aromatic N) is 2. The van der Waals surface area contributed by atoms with Gasteiger partial charge in [0.2, 0.25) is 0 Å². The van der Waals surface area contributed by atoms with Gasteiger partial charge >= 0.3 is 5.76 Å². The predicted molar refractivity (Wildman–Crippen MR) is 115 cm³/mol. The lowest BCUT2D eigenvalue weighted by Crippen LogP contribution is -2.46. The fraction of sp³-hybridized carbons (Fsp3) is 0.318. The maximum Gasteiger partial charge on any atom is 0.417 e. The van der Waals surface area contributed by atoms with Crippen molar-refractivity contribution in [1.29, 1.82) is 0 Å². The number of rotatable bonds is 5. The number of piperazine rings is 1. The number of aromatic amines is 1. The molecule has 0 aliphatic carbocycles. The van der Waals surface area contributed by atoms with Crippen molar-refractivity contribution >= 4 is 39.4 Å². The third kappa shape index (κ3) is 3.66. The Morgan fingerprint density at radius 2 is 1.97 bits per heavy atom. The van der Waals surface area contributed by atoms with Crippen LogP contribution < -0.4 is 10.7 Å². The van der Waals surface area contributed by atoms with Crippen molar-refractivity contribution in [1.82, 2.24) is 9.88 Å². The number of H-pyrrole nitrogens is 1. The van der Waals surface area contributed by atoms with Gasteiger partial charge in [0, 0.05) is 36.6 Å². The van der Waals surface area contributed by atoms with Crippen molar-refractivity contribution in [2.24, 2.45) is 0 Å². The molecule has 0 spiro atoms. The molecule has 1 saturated heterocycles. The lowest BCUT2D eigenvalue weighted by Gasteiger charge is -2.36. The van der Waals surface area contributed by atoms with E-state index in [-0.39, 0.29) is 0 Å². The summed E-state index contributed by atoms with van der Waals surface area (Å²) in [5.41, 5.74) is 4.50.